The van der Waals surface area contributed by atoms with Crippen molar-refractivity contribution < 1.29 is 17.9 Å². The number of aliphatic imine (C=N–C) groups is 1. The zero-order chi connectivity index (χ0) is 18.4. The maximum Gasteiger partial charge on any atom is 0.309 e. The lowest BCUT2D eigenvalue weighted by molar-refractivity contribution is -0.149. The molecule has 7 nitrogen and oxygen atoms in total. The van der Waals surface area contributed by atoms with Gasteiger partial charge in [0, 0.05) is 26.7 Å². The number of sulfone groups is 1. The van der Waals surface area contributed by atoms with Crippen molar-refractivity contribution in [3.05, 3.63) is 0 Å². The lowest BCUT2D eigenvalue weighted by Crippen LogP contribution is -2.48. The Hall–Kier alpha value is -0.580. The molecule has 0 atom stereocenters. The van der Waals surface area contributed by atoms with Crippen molar-refractivity contribution in [1.82, 2.24) is 10.2 Å². The lowest BCUT2D eigenvalue weighted by atomic mass is 9.97. The quantitative estimate of drug-likeness (QED) is 0.274. The predicted molar refractivity (Wildman–Crippen MR) is 111 cm³/mol. The number of carbonyl (C=O) groups excluding carboxylic acids is 1. The second-order valence-corrected chi connectivity index (χ2v) is 9.78. The van der Waals surface area contributed by atoms with Crippen LogP contribution in [0.15, 0.2) is 4.99 Å². The normalized spacial score (nSPS) is 17.0. The molecule has 0 amide bonds. The third-order valence-corrected chi connectivity index (χ3v) is 6.82. The molecule has 1 rings (SSSR count). The summed E-state index contributed by atoms with van der Waals surface area (Å²) in [5.41, 5.74) is 0. The zero-order valence-electron chi connectivity index (χ0n) is 15.9. The molecule has 0 radical (unpaired) electrons. The Labute approximate surface area is 168 Å². The van der Waals surface area contributed by atoms with Crippen molar-refractivity contribution in [1.29, 1.82) is 0 Å². The SMILES string of the molecule is CCOC(=O)C1CCN(C(=NC)NCCS(=O)(=O)C(C)(C)C)CC1.I. The second kappa shape index (κ2) is 10.5. The largest absolute Gasteiger partial charge is 0.466 e. The van der Waals surface area contributed by atoms with Gasteiger partial charge < -0.3 is 15.0 Å². The van der Waals surface area contributed by atoms with E-state index >= 15 is 0 Å². The molecule has 1 aliphatic rings. The van der Waals surface area contributed by atoms with Crippen LogP contribution < -0.4 is 5.32 Å². The smallest absolute Gasteiger partial charge is 0.309 e. The Morgan fingerprint density at radius 3 is 2.28 bits per heavy atom. The van der Waals surface area contributed by atoms with Crippen molar-refractivity contribution in [3.8, 4) is 0 Å². The van der Waals surface area contributed by atoms with E-state index in [0.717, 1.165) is 12.8 Å². The minimum Gasteiger partial charge on any atom is -0.466 e. The fraction of sp³-hybridized carbons (Fsp3) is 0.875. The van der Waals surface area contributed by atoms with Gasteiger partial charge >= 0.3 is 5.97 Å². The van der Waals surface area contributed by atoms with Crippen molar-refractivity contribution in [2.45, 2.75) is 45.3 Å². The average Bonchev–Trinajstić information content (AvgIpc) is 2.51. The van der Waals surface area contributed by atoms with Crippen LogP contribution in [0.4, 0.5) is 0 Å². The van der Waals surface area contributed by atoms with E-state index in [2.05, 4.69) is 15.2 Å². The zero-order valence-corrected chi connectivity index (χ0v) is 19.0. The summed E-state index contributed by atoms with van der Waals surface area (Å²) < 4.78 is 28.6. The molecule has 0 unspecified atom stereocenters. The molecule has 1 fully saturated rings. The topological polar surface area (TPSA) is 88.1 Å². The fourth-order valence-corrected chi connectivity index (χ4v) is 3.51. The number of likely N-dealkylation sites (tertiary alicyclic amines) is 1. The van der Waals surface area contributed by atoms with Crippen molar-refractivity contribution >= 4 is 45.7 Å². The van der Waals surface area contributed by atoms with E-state index in [4.69, 9.17) is 4.74 Å². The summed E-state index contributed by atoms with van der Waals surface area (Å²) in [5.74, 6) is 0.563. The van der Waals surface area contributed by atoms with Gasteiger partial charge in [0.1, 0.15) is 0 Å². The predicted octanol–water partition coefficient (Wildman–Crippen LogP) is 1.67. The molecule has 25 heavy (non-hydrogen) atoms. The molecule has 1 heterocycles. The van der Waals surface area contributed by atoms with E-state index in [-0.39, 0.29) is 41.6 Å². The molecule has 1 N–H and O–H groups in total. The summed E-state index contributed by atoms with van der Waals surface area (Å²) in [4.78, 5) is 18.0. The van der Waals surface area contributed by atoms with E-state index in [1.54, 1.807) is 27.8 Å². The standard InChI is InChI=1S/C16H31N3O4S.HI/c1-6-23-14(20)13-7-10-19(11-8-13)15(17-5)18-9-12-24(21,22)16(2,3)4;/h13H,6-12H2,1-5H3,(H,17,18);1H. The van der Waals surface area contributed by atoms with Gasteiger partial charge in [0.15, 0.2) is 15.8 Å². The van der Waals surface area contributed by atoms with Crippen LogP contribution in [0.25, 0.3) is 0 Å². The summed E-state index contributed by atoms with van der Waals surface area (Å²) in [5, 5.41) is 3.12. The van der Waals surface area contributed by atoms with E-state index in [9.17, 15) is 13.2 Å². The lowest BCUT2D eigenvalue weighted by Gasteiger charge is -2.33. The Balaban J connectivity index is 0.00000576. The molecule has 9 heteroatoms. The van der Waals surface area contributed by atoms with Crippen LogP contribution in [0.3, 0.4) is 0 Å². The van der Waals surface area contributed by atoms with Crippen LogP contribution in [0, 0.1) is 5.92 Å². The van der Waals surface area contributed by atoms with Crippen molar-refractivity contribution in [2.24, 2.45) is 10.9 Å². The van der Waals surface area contributed by atoms with Gasteiger partial charge in [0.25, 0.3) is 0 Å². The van der Waals surface area contributed by atoms with Gasteiger partial charge in [-0.05, 0) is 40.5 Å². The summed E-state index contributed by atoms with van der Waals surface area (Å²) in [6.07, 6.45) is 1.44. The second-order valence-electron chi connectivity index (χ2n) is 6.92. The maximum atomic E-state index is 12.1. The molecule has 0 aromatic carbocycles. The first-order valence-electron chi connectivity index (χ1n) is 8.47. The fourth-order valence-electron chi connectivity index (χ4n) is 2.52. The molecule has 0 aliphatic carbocycles. The minimum atomic E-state index is -3.16. The van der Waals surface area contributed by atoms with Crippen LogP contribution >= 0.6 is 24.0 Å². The number of halogens is 1. The van der Waals surface area contributed by atoms with Gasteiger partial charge in [-0.1, -0.05) is 0 Å². The summed E-state index contributed by atoms with van der Waals surface area (Å²) in [6.45, 7) is 9.06. The highest BCUT2D eigenvalue weighted by molar-refractivity contribution is 14.0. The van der Waals surface area contributed by atoms with E-state index in [1.165, 1.54) is 0 Å². The molecule has 0 saturated carbocycles. The first kappa shape index (κ1) is 24.4. The molecule has 1 saturated heterocycles. The molecular weight excluding hydrogens is 457 g/mol. The monoisotopic (exact) mass is 489 g/mol. The molecular formula is C16H32IN3O4S. The summed E-state index contributed by atoms with van der Waals surface area (Å²) in [6, 6.07) is 0. The maximum absolute atomic E-state index is 12.1. The van der Waals surface area contributed by atoms with Crippen LogP contribution in [-0.2, 0) is 19.4 Å². The Morgan fingerprint density at radius 1 is 1.28 bits per heavy atom. The van der Waals surface area contributed by atoms with Gasteiger partial charge in [-0.3, -0.25) is 9.79 Å². The van der Waals surface area contributed by atoms with Gasteiger partial charge in [-0.15, -0.1) is 24.0 Å². The average molecular weight is 489 g/mol. The number of ether oxygens (including phenoxy) is 1. The number of hydrogen-bond acceptors (Lipinski definition) is 5. The number of guanidine groups is 1. The van der Waals surface area contributed by atoms with Crippen molar-refractivity contribution in [3.63, 3.8) is 0 Å². The van der Waals surface area contributed by atoms with Crippen LogP contribution in [0.2, 0.25) is 0 Å². The highest BCUT2D eigenvalue weighted by atomic mass is 127. The third kappa shape index (κ3) is 7.28. The number of carbonyl (C=O) groups is 1. The number of esters is 1. The molecule has 0 aromatic heterocycles. The van der Waals surface area contributed by atoms with Crippen LogP contribution in [0.1, 0.15) is 40.5 Å². The molecule has 0 spiro atoms. The van der Waals surface area contributed by atoms with E-state index < -0.39 is 14.6 Å². The molecule has 1 aliphatic heterocycles. The van der Waals surface area contributed by atoms with E-state index in [1.807, 2.05) is 6.92 Å². The van der Waals surface area contributed by atoms with Gasteiger partial charge in [-0.25, -0.2) is 8.42 Å². The Morgan fingerprint density at radius 2 is 1.84 bits per heavy atom. The number of hydrogen-bond donors (Lipinski definition) is 1. The molecule has 0 bridgehead atoms. The number of nitrogens with one attached hydrogen (secondary N) is 1. The number of nitrogens with zero attached hydrogens (tertiary/aromatic N) is 2. The van der Waals surface area contributed by atoms with Gasteiger partial charge in [0.2, 0.25) is 0 Å². The van der Waals surface area contributed by atoms with E-state index in [0.29, 0.717) is 32.2 Å². The highest BCUT2D eigenvalue weighted by Crippen LogP contribution is 2.19. The Kier molecular flexibility index (Phi) is 10.3. The third-order valence-electron chi connectivity index (χ3n) is 4.21. The summed E-state index contributed by atoms with van der Waals surface area (Å²) in [7, 11) is -1.48. The highest BCUT2D eigenvalue weighted by Gasteiger charge is 2.29. The van der Waals surface area contributed by atoms with Crippen LogP contribution in [0.5, 0.6) is 0 Å². The van der Waals surface area contributed by atoms with Crippen molar-refractivity contribution in [2.75, 3.05) is 39.0 Å². The first-order chi connectivity index (χ1) is 11.1. The first-order valence-corrected chi connectivity index (χ1v) is 10.1. The van der Waals surface area contributed by atoms with Crippen LogP contribution in [-0.4, -0.2) is 69.0 Å². The van der Waals surface area contributed by atoms with Gasteiger partial charge in [0.05, 0.1) is 23.0 Å². The number of piperidine rings is 1. The Bertz CT molecular complexity index is 550. The molecule has 0 aromatic rings. The minimum absolute atomic E-state index is 0. The number of rotatable bonds is 5. The molecule has 148 valence electrons. The summed E-state index contributed by atoms with van der Waals surface area (Å²) >= 11 is 0. The van der Waals surface area contributed by atoms with Gasteiger partial charge in [-0.2, -0.15) is 0 Å².